The smallest absolute Gasteiger partial charge is 0.275 e. The molecule has 3 aromatic rings. The molecule has 0 aliphatic rings. The molecule has 4 nitrogen and oxygen atoms in total. The number of hydrogen-bond acceptors (Lipinski definition) is 2. The van der Waals surface area contributed by atoms with Gasteiger partial charge >= 0.3 is 0 Å². The van der Waals surface area contributed by atoms with Gasteiger partial charge in [0.2, 0.25) is 0 Å². The average molecular weight is 257 g/mol. The summed E-state index contributed by atoms with van der Waals surface area (Å²) < 4.78 is 14.6. The van der Waals surface area contributed by atoms with E-state index in [2.05, 4.69) is 10.1 Å². The average Bonchev–Trinajstić information content (AvgIpc) is 2.80. The highest BCUT2D eigenvalue weighted by Crippen LogP contribution is 2.19. The Bertz CT molecular complexity index is 832. The predicted octanol–water partition coefficient (Wildman–Crippen LogP) is 2.45. The van der Waals surface area contributed by atoms with E-state index < -0.39 is 0 Å². The highest BCUT2D eigenvalue weighted by Gasteiger charge is 2.09. The molecule has 0 fully saturated rings. The lowest BCUT2D eigenvalue weighted by Crippen LogP contribution is -2.19. The van der Waals surface area contributed by atoms with Crippen LogP contribution in [0.25, 0.3) is 16.9 Å². The number of H-pyrrole nitrogens is 1. The molecule has 0 atom stereocenters. The monoisotopic (exact) mass is 257 g/mol. The Kier molecular flexibility index (Phi) is 2.48. The summed E-state index contributed by atoms with van der Waals surface area (Å²) in [7, 11) is 0. The summed E-state index contributed by atoms with van der Waals surface area (Å²) in [6, 6.07) is 7.93. The summed E-state index contributed by atoms with van der Waals surface area (Å²) >= 11 is 0. The standard InChI is InChI=1S/C14H12FN3O/c1-8-9(2)16-13-7-12(17-18(13)14(8)19)10-4-3-5-11(15)6-10/h3-7,17H,1-2H3. The molecule has 96 valence electrons. The van der Waals surface area contributed by atoms with E-state index in [1.165, 1.54) is 16.6 Å². The van der Waals surface area contributed by atoms with Gasteiger partial charge in [0.25, 0.3) is 5.56 Å². The number of aryl methyl sites for hydroxylation is 1. The number of fused-ring (bicyclic) bond motifs is 1. The topological polar surface area (TPSA) is 50.2 Å². The minimum atomic E-state index is -0.316. The van der Waals surface area contributed by atoms with Gasteiger partial charge in [-0.2, -0.15) is 0 Å². The zero-order chi connectivity index (χ0) is 13.6. The summed E-state index contributed by atoms with van der Waals surface area (Å²) in [6.45, 7) is 3.53. The number of nitrogens with one attached hydrogen (secondary N) is 1. The fourth-order valence-corrected chi connectivity index (χ4v) is 2.02. The molecule has 2 aromatic heterocycles. The van der Waals surface area contributed by atoms with E-state index in [1.54, 1.807) is 32.0 Å². The normalized spacial score (nSPS) is 11.1. The van der Waals surface area contributed by atoms with E-state index in [4.69, 9.17) is 0 Å². The van der Waals surface area contributed by atoms with Gasteiger partial charge in [-0.15, -0.1) is 0 Å². The first-order valence-electron chi connectivity index (χ1n) is 5.91. The van der Waals surface area contributed by atoms with Gasteiger partial charge in [-0.05, 0) is 26.0 Å². The van der Waals surface area contributed by atoms with Crippen molar-refractivity contribution in [2.75, 3.05) is 0 Å². The lowest BCUT2D eigenvalue weighted by Gasteiger charge is -1.99. The highest BCUT2D eigenvalue weighted by atomic mass is 19.1. The number of hydrogen-bond donors (Lipinski definition) is 1. The Morgan fingerprint density at radius 3 is 2.79 bits per heavy atom. The summed E-state index contributed by atoms with van der Waals surface area (Å²) in [5.41, 5.74) is 3.05. The lowest BCUT2D eigenvalue weighted by atomic mass is 10.1. The number of benzene rings is 1. The van der Waals surface area contributed by atoms with Gasteiger partial charge in [0, 0.05) is 22.9 Å². The second-order valence-corrected chi connectivity index (χ2v) is 4.50. The van der Waals surface area contributed by atoms with Gasteiger partial charge in [-0.25, -0.2) is 13.9 Å². The minimum absolute atomic E-state index is 0.134. The van der Waals surface area contributed by atoms with Gasteiger partial charge in [-0.3, -0.25) is 9.89 Å². The number of aromatic amines is 1. The third-order valence-electron chi connectivity index (χ3n) is 3.22. The Balaban J connectivity index is 2.28. The molecule has 0 amide bonds. The van der Waals surface area contributed by atoms with Crippen LogP contribution < -0.4 is 5.56 Å². The van der Waals surface area contributed by atoms with Crippen LogP contribution in [0.4, 0.5) is 4.39 Å². The summed E-state index contributed by atoms with van der Waals surface area (Å²) in [5.74, 6) is -0.316. The zero-order valence-corrected chi connectivity index (χ0v) is 10.6. The van der Waals surface area contributed by atoms with E-state index in [1.807, 2.05) is 0 Å². The van der Waals surface area contributed by atoms with E-state index in [9.17, 15) is 9.18 Å². The molecule has 5 heteroatoms. The van der Waals surface area contributed by atoms with Crippen molar-refractivity contribution >= 4 is 5.65 Å². The molecular weight excluding hydrogens is 245 g/mol. The van der Waals surface area contributed by atoms with E-state index in [-0.39, 0.29) is 11.4 Å². The highest BCUT2D eigenvalue weighted by molar-refractivity contribution is 5.64. The molecule has 3 rings (SSSR count). The SMILES string of the molecule is Cc1nc2cc(-c3cccc(F)c3)[nH]n2c(=O)c1C. The van der Waals surface area contributed by atoms with Crippen molar-refractivity contribution in [3.8, 4) is 11.3 Å². The molecule has 0 spiro atoms. The van der Waals surface area contributed by atoms with Crippen molar-refractivity contribution in [3.63, 3.8) is 0 Å². The van der Waals surface area contributed by atoms with Crippen LogP contribution in [0.2, 0.25) is 0 Å². The minimum Gasteiger partial charge on any atom is -0.289 e. The molecule has 0 aliphatic heterocycles. The van der Waals surface area contributed by atoms with Crippen LogP contribution in [0, 0.1) is 19.7 Å². The predicted molar refractivity (Wildman–Crippen MR) is 70.7 cm³/mol. The summed E-state index contributed by atoms with van der Waals surface area (Å²) in [6.07, 6.45) is 0. The van der Waals surface area contributed by atoms with Gasteiger partial charge in [0.1, 0.15) is 5.82 Å². The van der Waals surface area contributed by atoms with Crippen molar-refractivity contribution in [2.45, 2.75) is 13.8 Å². The Morgan fingerprint density at radius 2 is 2.05 bits per heavy atom. The summed E-state index contributed by atoms with van der Waals surface area (Å²) in [5, 5.41) is 2.95. The van der Waals surface area contributed by atoms with Crippen LogP contribution in [-0.2, 0) is 0 Å². The van der Waals surface area contributed by atoms with Crippen LogP contribution in [0.3, 0.4) is 0 Å². The first-order chi connectivity index (χ1) is 9.06. The van der Waals surface area contributed by atoms with Crippen LogP contribution in [-0.4, -0.2) is 14.6 Å². The van der Waals surface area contributed by atoms with E-state index >= 15 is 0 Å². The molecule has 1 N–H and O–H groups in total. The fourth-order valence-electron chi connectivity index (χ4n) is 2.02. The second kappa shape index (κ2) is 4.05. The quantitative estimate of drug-likeness (QED) is 0.728. The van der Waals surface area contributed by atoms with Crippen molar-refractivity contribution in [1.82, 2.24) is 14.6 Å². The largest absolute Gasteiger partial charge is 0.289 e. The number of nitrogens with zero attached hydrogens (tertiary/aromatic N) is 2. The van der Waals surface area contributed by atoms with Crippen LogP contribution in [0.5, 0.6) is 0 Å². The summed E-state index contributed by atoms with van der Waals surface area (Å²) in [4.78, 5) is 16.4. The van der Waals surface area contributed by atoms with Crippen LogP contribution in [0.15, 0.2) is 35.1 Å². The molecule has 0 radical (unpaired) electrons. The Morgan fingerprint density at radius 1 is 1.26 bits per heavy atom. The molecule has 2 heterocycles. The van der Waals surface area contributed by atoms with Crippen molar-refractivity contribution in [2.24, 2.45) is 0 Å². The number of halogens is 1. The van der Waals surface area contributed by atoms with Crippen molar-refractivity contribution in [1.29, 1.82) is 0 Å². The van der Waals surface area contributed by atoms with Gasteiger partial charge in [-0.1, -0.05) is 12.1 Å². The van der Waals surface area contributed by atoms with Gasteiger partial charge in [0.05, 0.1) is 5.69 Å². The van der Waals surface area contributed by atoms with Crippen LogP contribution in [0.1, 0.15) is 11.3 Å². The molecule has 0 unspecified atom stereocenters. The van der Waals surface area contributed by atoms with Crippen LogP contribution >= 0.6 is 0 Å². The molecule has 19 heavy (non-hydrogen) atoms. The molecule has 0 aliphatic carbocycles. The van der Waals surface area contributed by atoms with E-state index in [0.717, 1.165) is 0 Å². The van der Waals surface area contributed by atoms with Gasteiger partial charge < -0.3 is 0 Å². The zero-order valence-electron chi connectivity index (χ0n) is 10.6. The molecule has 0 bridgehead atoms. The maximum atomic E-state index is 13.2. The van der Waals surface area contributed by atoms with Crippen molar-refractivity contribution < 1.29 is 4.39 Å². The molecule has 0 saturated carbocycles. The number of rotatable bonds is 1. The Hall–Kier alpha value is -2.43. The number of aromatic nitrogens is 3. The van der Waals surface area contributed by atoms with Gasteiger partial charge in [0.15, 0.2) is 5.65 Å². The second-order valence-electron chi connectivity index (χ2n) is 4.50. The maximum absolute atomic E-state index is 13.2. The first-order valence-corrected chi connectivity index (χ1v) is 5.91. The molecular formula is C14H12FN3O. The fraction of sp³-hybridized carbons (Fsp3) is 0.143. The van der Waals surface area contributed by atoms with Crippen molar-refractivity contribution in [3.05, 3.63) is 57.8 Å². The Labute approximate surface area is 108 Å². The third-order valence-corrected chi connectivity index (χ3v) is 3.22. The maximum Gasteiger partial charge on any atom is 0.275 e. The first kappa shape index (κ1) is 11.6. The van der Waals surface area contributed by atoms with E-state index in [0.29, 0.717) is 28.2 Å². The third kappa shape index (κ3) is 1.83. The molecule has 0 saturated heterocycles. The lowest BCUT2D eigenvalue weighted by molar-refractivity contribution is 0.628. The molecule has 1 aromatic carbocycles.